The molecule has 2 atom stereocenters. The molecule has 2 saturated heterocycles. The molecule has 0 aromatic carbocycles. The van der Waals surface area contributed by atoms with Crippen molar-refractivity contribution in [1.82, 2.24) is 14.5 Å². The molecule has 0 radical (unpaired) electrons. The van der Waals surface area contributed by atoms with E-state index in [0.717, 1.165) is 19.6 Å². The maximum absolute atomic E-state index is 6.48. The van der Waals surface area contributed by atoms with Crippen molar-refractivity contribution >= 4 is 0 Å². The van der Waals surface area contributed by atoms with Crippen molar-refractivity contribution in [3.63, 3.8) is 0 Å². The average molecular weight is 292 g/mol. The lowest BCUT2D eigenvalue weighted by Crippen LogP contribution is -2.36. The summed E-state index contributed by atoms with van der Waals surface area (Å²) >= 11 is 0. The lowest BCUT2D eigenvalue weighted by molar-refractivity contribution is 0.174. The molecule has 118 valence electrons. The maximum Gasteiger partial charge on any atom is 0.0951 e. The van der Waals surface area contributed by atoms with Gasteiger partial charge in [-0.15, -0.1) is 0 Å². The fraction of sp³-hybridized carbons (Fsp3) is 0.812. The van der Waals surface area contributed by atoms with Crippen LogP contribution in [0.4, 0.5) is 0 Å². The van der Waals surface area contributed by atoms with Gasteiger partial charge in [-0.05, 0) is 32.2 Å². The molecule has 0 saturated carbocycles. The van der Waals surface area contributed by atoms with Gasteiger partial charge in [-0.25, -0.2) is 4.98 Å². The largest absolute Gasteiger partial charge is 0.381 e. The Morgan fingerprint density at radius 3 is 2.86 bits per heavy atom. The number of likely N-dealkylation sites (tertiary alicyclic amines) is 1. The van der Waals surface area contributed by atoms with E-state index in [0.29, 0.717) is 12.0 Å². The molecule has 2 fully saturated rings. The lowest BCUT2D eigenvalue weighted by Gasteiger charge is -2.34. The van der Waals surface area contributed by atoms with E-state index in [-0.39, 0.29) is 6.04 Å². The Morgan fingerprint density at radius 2 is 2.19 bits per heavy atom. The third-order valence-corrected chi connectivity index (χ3v) is 5.00. The Kier molecular flexibility index (Phi) is 4.93. The minimum absolute atomic E-state index is 0.0590. The Labute approximate surface area is 127 Å². The van der Waals surface area contributed by atoms with Crippen LogP contribution in [0.2, 0.25) is 0 Å². The van der Waals surface area contributed by atoms with Crippen molar-refractivity contribution in [1.29, 1.82) is 0 Å². The van der Waals surface area contributed by atoms with Crippen LogP contribution in [0, 0.1) is 5.92 Å². The van der Waals surface area contributed by atoms with E-state index >= 15 is 0 Å². The molecule has 1 aromatic heterocycles. The molecule has 1 aromatic rings. The van der Waals surface area contributed by atoms with E-state index in [1.54, 1.807) is 0 Å². The molecule has 21 heavy (non-hydrogen) atoms. The zero-order chi connectivity index (χ0) is 14.7. The number of hydrogen-bond donors (Lipinski definition) is 1. The van der Waals surface area contributed by atoms with E-state index in [1.807, 2.05) is 12.5 Å². The fourth-order valence-electron chi connectivity index (χ4n) is 3.69. The molecule has 3 rings (SSSR count). The molecule has 5 nitrogen and oxygen atoms in total. The standard InChI is InChI=1S/C16H28N4O/c1-2-6-19-7-3-14(4-8-19)20-12-18-10-15(20)16(17)13-5-9-21-11-13/h10,12-14,16H,2-9,11,17H2,1H3. The number of piperidine rings is 1. The highest BCUT2D eigenvalue weighted by Crippen LogP contribution is 2.31. The highest BCUT2D eigenvalue weighted by atomic mass is 16.5. The van der Waals surface area contributed by atoms with Crippen molar-refractivity contribution in [2.75, 3.05) is 32.8 Å². The van der Waals surface area contributed by atoms with Gasteiger partial charge >= 0.3 is 0 Å². The number of nitrogens with two attached hydrogens (primary N) is 1. The van der Waals surface area contributed by atoms with Gasteiger partial charge in [0, 0.05) is 37.9 Å². The van der Waals surface area contributed by atoms with E-state index < -0.39 is 0 Å². The van der Waals surface area contributed by atoms with Gasteiger partial charge in [0.15, 0.2) is 0 Å². The molecule has 0 aliphatic carbocycles. The fourth-order valence-corrected chi connectivity index (χ4v) is 3.69. The minimum atomic E-state index is 0.0590. The first-order valence-electron chi connectivity index (χ1n) is 8.37. The van der Waals surface area contributed by atoms with Gasteiger partial charge in [0.05, 0.1) is 24.7 Å². The minimum Gasteiger partial charge on any atom is -0.381 e. The Hall–Kier alpha value is -0.910. The topological polar surface area (TPSA) is 56.3 Å². The summed E-state index contributed by atoms with van der Waals surface area (Å²) in [7, 11) is 0. The first kappa shape index (κ1) is 15.0. The van der Waals surface area contributed by atoms with Crippen LogP contribution in [0.3, 0.4) is 0 Å². The van der Waals surface area contributed by atoms with Gasteiger partial charge in [-0.1, -0.05) is 6.92 Å². The van der Waals surface area contributed by atoms with Gasteiger partial charge in [0.1, 0.15) is 0 Å². The van der Waals surface area contributed by atoms with E-state index in [9.17, 15) is 0 Å². The zero-order valence-electron chi connectivity index (χ0n) is 13.1. The molecule has 2 aliphatic heterocycles. The average Bonchev–Trinajstić information content (AvgIpc) is 3.19. The highest BCUT2D eigenvalue weighted by Gasteiger charge is 2.29. The Morgan fingerprint density at radius 1 is 1.38 bits per heavy atom. The molecule has 0 bridgehead atoms. The molecular weight excluding hydrogens is 264 g/mol. The monoisotopic (exact) mass is 292 g/mol. The van der Waals surface area contributed by atoms with Crippen LogP contribution in [0.15, 0.2) is 12.5 Å². The van der Waals surface area contributed by atoms with Gasteiger partial charge in [0.2, 0.25) is 0 Å². The number of nitrogens with zero attached hydrogens (tertiary/aromatic N) is 3. The summed E-state index contributed by atoms with van der Waals surface area (Å²) in [6.45, 7) is 7.50. The predicted octanol–water partition coefficient (Wildman–Crippen LogP) is 1.97. The van der Waals surface area contributed by atoms with Crippen LogP contribution in [0.25, 0.3) is 0 Å². The first-order valence-corrected chi connectivity index (χ1v) is 8.37. The normalized spacial score (nSPS) is 26.3. The molecule has 3 heterocycles. The van der Waals surface area contributed by atoms with Crippen molar-refractivity contribution in [2.24, 2.45) is 11.7 Å². The Balaban J connectivity index is 1.65. The summed E-state index contributed by atoms with van der Waals surface area (Å²) < 4.78 is 7.83. The number of hydrogen-bond acceptors (Lipinski definition) is 4. The van der Waals surface area contributed by atoms with Crippen molar-refractivity contribution < 1.29 is 4.74 Å². The molecule has 2 unspecified atom stereocenters. The summed E-state index contributed by atoms with van der Waals surface area (Å²) in [6.07, 6.45) is 8.66. The quantitative estimate of drug-likeness (QED) is 0.901. The van der Waals surface area contributed by atoms with E-state index in [1.165, 1.54) is 44.6 Å². The predicted molar refractivity (Wildman–Crippen MR) is 83.1 cm³/mol. The van der Waals surface area contributed by atoms with E-state index in [4.69, 9.17) is 10.5 Å². The first-order chi connectivity index (χ1) is 10.3. The molecule has 0 spiro atoms. The molecule has 0 amide bonds. The number of aromatic nitrogens is 2. The molecule has 2 aliphatic rings. The Bertz CT molecular complexity index is 433. The van der Waals surface area contributed by atoms with Crippen LogP contribution in [0.1, 0.15) is 50.4 Å². The summed E-state index contributed by atoms with van der Waals surface area (Å²) in [5, 5.41) is 0. The summed E-state index contributed by atoms with van der Waals surface area (Å²) in [4.78, 5) is 6.94. The highest BCUT2D eigenvalue weighted by molar-refractivity contribution is 5.09. The second-order valence-corrected chi connectivity index (χ2v) is 6.45. The molecule has 2 N–H and O–H groups in total. The smallest absolute Gasteiger partial charge is 0.0951 e. The maximum atomic E-state index is 6.48. The summed E-state index contributed by atoms with van der Waals surface area (Å²) in [6, 6.07) is 0.618. The zero-order valence-corrected chi connectivity index (χ0v) is 13.1. The van der Waals surface area contributed by atoms with Gasteiger partial charge in [0.25, 0.3) is 0 Å². The SMILES string of the molecule is CCCN1CCC(n2cncc2C(N)C2CCOC2)CC1. The third-order valence-electron chi connectivity index (χ3n) is 5.00. The van der Waals surface area contributed by atoms with Crippen LogP contribution in [-0.2, 0) is 4.74 Å². The van der Waals surface area contributed by atoms with Gasteiger partial charge in [-0.3, -0.25) is 0 Å². The van der Waals surface area contributed by atoms with Crippen molar-refractivity contribution in [2.45, 2.75) is 44.7 Å². The summed E-state index contributed by atoms with van der Waals surface area (Å²) in [5.41, 5.74) is 7.67. The number of imidazole rings is 1. The van der Waals surface area contributed by atoms with E-state index in [2.05, 4.69) is 21.4 Å². The van der Waals surface area contributed by atoms with Crippen LogP contribution in [0.5, 0.6) is 0 Å². The molecular formula is C16H28N4O. The van der Waals surface area contributed by atoms with Gasteiger partial charge in [-0.2, -0.15) is 0 Å². The van der Waals surface area contributed by atoms with Crippen molar-refractivity contribution in [3.05, 3.63) is 18.2 Å². The third kappa shape index (κ3) is 3.30. The molecule has 5 heteroatoms. The van der Waals surface area contributed by atoms with Crippen LogP contribution < -0.4 is 5.73 Å². The van der Waals surface area contributed by atoms with Crippen LogP contribution >= 0.6 is 0 Å². The lowest BCUT2D eigenvalue weighted by atomic mass is 9.96. The number of ether oxygens (including phenoxy) is 1. The van der Waals surface area contributed by atoms with Crippen molar-refractivity contribution in [3.8, 4) is 0 Å². The summed E-state index contributed by atoms with van der Waals surface area (Å²) in [5.74, 6) is 0.445. The second-order valence-electron chi connectivity index (χ2n) is 6.45. The second kappa shape index (κ2) is 6.90. The van der Waals surface area contributed by atoms with Gasteiger partial charge < -0.3 is 19.9 Å². The van der Waals surface area contributed by atoms with Crippen LogP contribution in [-0.4, -0.2) is 47.3 Å². The number of rotatable bonds is 5.